The van der Waals surface area contributed by atoms with Crippen LogP contribution in [0.25, 0.3) is 0 Å². The van der Waals surface area contributed by atoms with Gasteiger partial charge in [-0.25, -0.2) is 0 Å². The van der Waals surface area contributed by atoms with Crippen molar-refractivity contribution in [2.75, 3.05) is 34.5 Å². The van der Waals surface area contributed by atoms with Crippen LogP contribution in [-0.4, -0.2) is 46.5 Å². The average molecular weight is 364 g/mol. The highest BCUT2D eigenvalue weighted by Gasteiger charge is 2.34. The number of hydrogen-bond acceptors (Lipinski definition) is 4. The van der Waals surface area contributed by atoms with Gasteiger partial charge >= 0.3 is 0 Å². The molecule has 1 aliphatic carbocycles. The Bertz CT molecular complexity index is 598. The second-order valence-electron chi connectivity index (χ2n) is 7.11. The lowest BCUT2D eigenvalue weighted by atomic mass is 9.69. The number of methoxy groups -OCH3 is 3. The van der Waals surface area contributed by atoms with E-state index in [1.165, 1.54) is 24.8 Å². The van der Waals surface area contributed by atoms with Gasteiger partial charge in [-0.1, -0.05) is 25.3 Å². The molecule has 146 valence electrons. The number of guanidine groups is 1. The van der Waals surface area contributed by atoms with Crippen LogP contribution in [0.15, 0.2) is 23.2 Å². The molecular formula is C20H33N3O3. The van der Waals surface area contributed by atoms with Gasteiger partial charge in [0.1, 0.15) is 0 Å². The fraction of sp³-hybridized carbons (Fsp3) is 0.650. The summed E-state index contributed by atoms with van der Waals surface area (Å²) in [6.07, 6.45) is 5.89. The number of hydrogen-bond donors (Lipinski definition) is 2. The number of benzene rings is 1. The van der Waals surface area contributed by atoms with Gasteiger partial charge in [-0.05, 0) is 37.5 Å². The summed E-state index contributed by atoms with van der Waals surface area (Å²) in [6.45, 7) is 3.29. The van der Waals surface area contributed by atoms with E-state index >= 15 is 0 Å². The fourth-order valence-corrected chi connectivity index (χ4v) is 3.76. The molecule has 0 heterocycles. The van der Waals surface area contributed by atoms with Gasteiger partial charge in [-0.2, -0.15) is 0 Å². The molecule has 0 aromatic heterocycles. The molecular weight excluding hydrogens is 330 g/mol. The summed E-state index contributed by atoms with van der Waals surface area (Å²) in [4.78, 5) is 4.67. The molecule has 6 heteroatoms. The molecule has 1 unspecified atom stereocenters. The second kappa shape index (κ2) is 9.67. The maximum atomic E-state index is 6.10. The van der Waals surface area contributed by atoms with Crippen molar-refractivity contribution >= 4 is 5.96 Å². The molecule has 0 radical (unpaired) electrons. The Kier molecular flexibility index (Phi) is 7.57. The molecule has 1 atom stereocenters. The van der Waals surface area contributed by atoms with E-state index in [1.54, 1.807) is 21.3 Å². The van der Waals surface area contributed by atoms with Crippen LogP contribution >= 0.6 is 0 Å². The Morgan fingerprint density at radius 1 is 1.15 bits per heavy atom. The minimum absolute atomic E-state index is 0.00536. The van der Waals surface area contributed by atoms with Crippen molar-refractivity contribution in [3.05, 3.63) is 23.8 Å². The molecule has 1 aromatic rings. The summed E-state index contributed by atoms with van der Waals surface area (Å²) in [7, 11) is 5.01. The Balaban J connectivity index is 2.23. The van der Waals surface area contributed by atoms with E-state index in [9.17, 15) is 0 Å². The number of nitrogens with two attached hydrogens (primary N) is 1. The number of rotatable bonds is 8. The standard InChI is InChI=1S/C20H33N3O3/c1-15(13-24-2)23-19(21)22-14-20(10-6-5-7-11-20)16-8-9-17(25-3)18(12-16)26-4/h8-9,12,15H,5-7,10-11,13-14H2,1-4H3,(H3,21,22,23). The van der Waals surface area contributed by atoms with Crippen LogP contribution in [0.2, 0.25) is 0 Å². The first-order chi connectivity index (χ1) is 12.5. The van der Waals surface area contributed by atoms with Gasteiger partial charge < -0.3 is 25.3 Å². The summed E-state index contributed by atoms with van der Waals surface area (Å²) in [5.41, 5.74) is 7.34. The molecule has 1 saturated carbocycles. The topological polar surface area (TPSA) is 78.1 Å². The lowest BCUT2D eigenvalue weighted by molar-refractivity contribution is 0.179. The minimum Gasteiger partial charge on any atom is -0.493 e. The van der Waals surface area contributed by atoms with Crippen molar-refractivity contribution in [1.29, 1.82) is 0 Å². The van der Waals surface area contributed by atoms with Crippen molar-refractivity contribution < 1.29 is 14.2 Å². The zero-order chi connectivity index (χ0) is 19.0. The summed E-state index contributed by atoms with van der Waals surface area (Å²) in [6, 6.07) is 6.35. The molecule has 0 bridgehead atoms. The molecule has 1 aliphatic rings. The maximum absolute atomic E-state index is 6.10. The third kappa shape index (κ3) is 5.04. The van der Waals surface area contributed by atoms with E-state index in [0.29, 0.717) is 19.1 Å². The van der Waals surface area contributed by atoms with Crippen molar-refractivity contribution in [3.8, 4) is 11.5 Å². The van der Waals surface area contributed by atoms with E-state index in [4.69, 9.17) is 19.9 Å². The summed E-state index contributed by atoms with van der Waals surface area (Å²) >= 11 is 0. The quantitative estimate of drug-likeness (QED) is 0.548. The first-order valence-electron chi connectivity index (χ1n) is 9.32. The van der Waals surface area contributed by atoms with Crippen LogP contribution in [0.4, 0.5) is 0 Å². The number of nitrogens with one attached hydrogen (secondary N) is 1. The van der Waals surface area contributed by atoms with Crippen LogP contribution in [0.1, 0.15) is 44.6 Å². The molecule has 0 spiro atoms. The summed E-state index contributed by atoms with van der Waals surface area (Å²) in [5.74, 6) is 1.99. The Hall–Kier alpha value is -1.95. The van der Waals surface area contributed by atoms with Crippen molar-refractivity contribution in [3.63, 3.8) is 0 Å². The molecule has 0 aliphatic heterocycles. The molecule has 0 amide bonds. The van der Waals surface area contributed by atoms with Gasteiger partial charge in [0.2, 0.25) is 0 Å². The second-order valence-corrected chi connectivity index (χ2v) is 7.11. The van der Waals surface area contributed by atoms with Gasteiger partial charge in [0, 0.05) is 18.6 Å². The molecule has 1 fully saturated rings. The van der Waals surface area contributed by atoms with E-state index in [2.05, 4.69) is 22.4 Å². The zero-order valence-corrected chi connectivity index (χ0v) is 16.5. The van der Waals surface area contributed by atoms with Gasteiger partial charge in [0.15, 0.2) is 17.5 Å². The SMILES string of the molecule is COCC(C)NC(N)=NCC1(c2ccc(OC)c(OC)c2)CCCCC1. The maximum Gasteiger partial charge on any atom is 0.188 e. The fourth-order valence-electron chi connectivity index (χ4n) is 3.76. The van der Waals surface area contributed by atoms with Crippen molar-refractivity contribution in [1.82, 2.24) is 5.32 Å². The lowest BCUT2D eigenvalue weighted by Crippen LogP contribution is -2.42. The highest BCUT2D eigenvalue weighted by molar-refractivity contribution is 5.78. The highest BCUT2D eigenvalue weighted by atomic mass is 16.5. The van der Waals surface area contributed by atoms with E-state index in [0.717, 1.165) is 24.3 Å². The summed E-state index contributed by atoms with van der Waals surface area (Å²) in [5, 5.41) is 3.19. The van der Waals surface area contributed by atoms with Crippen LogP contribution in [0.3, 0.4) is 0 Å². The molecule has 2 rings (SSSR count). The van der Waals surface area contributed by atoms with Gasteiger partial charge in [0.05, 0.1) is 27.4 Å². The van der Waals surface area contributed by atoms with Crippen LogP contribution in [0.5, 0.6) is 11.5 Å². The Morgan fingerprint density at radius 3 is 2.46 bits per heavy atom. The summed E-state index contributed by atoms with van der Waals surface area (Å²) < 4.78 is 16.0. The largest absolute Gasteiger partial charge is 0.493 e. The lowest BCUT2D eigenvalue weighted by Gasteiger charge is -2.37. The van der Waals surface area contributed by atoms with Gasteiger partial charge in [-0.15, -0.1) is 0 Å². The van der Waals surface area contributed by atoms with Crippen LogP contribution in [-0.2, 0) is 10.2 Å². The molecule has 26 heavy (non-hydrogen) atoms. The normalized spacial score (nSPS) is 18.2. The van der Waals surface area contributed by atoms with Gasteiger partial charge in [-0.3, -0.25) is 4.99 Å². The number of ether oxygens (including phenoxy) is 3. The van der Waals surface area contributed by atoms with Gasteiger partial charge in [0.25, 0.3) is 0 Å². The first kappa shape index (κ1) is 20.4. The predicted molar refractivity (Wildman–Crippen MR) is 105 cm³/mol. The van der Waals surface area contributed by atoms with Crippen molar-refractivity contribution in [2.24, 2.45) is 10.7 Å². The molecule has 3 N–H and O–H groups in total. The highest BCUT2D eigenvalue weighted by Crippen LogP contribution is 2.42. The Labute approximate surface area is 157 Å². The number of nitrogens with zero attached hydrogens (tertiary/aromatic N) is 1. The van der Waals surface area contributed by atoms with E-state index < -0.39 is 0 Å². The van der Waals surface area contributed by atoms with Crippen LogP contribution < -0.4 is 20.5 Å². The predicted octanol–water partition coefficient (Wildman–Crippen LogP) is 2.84. The molecule has 1 aromatic carbocycles. The average Bonchev–Trinajstić information content (AvgIpc) is 2.66. The zero-order valence-electron chi connectivity index (χ0n) is 16.5. The Morgan fingerprint density at radius 2 is 1.85 bits per heavy atom. The number of aliphatic imine (C=N–C) groups is 1. The van der Waals surface area contributed by atoms with E-state index in [1.807, 2.05) is 13.0 Å². The van der Waals surface area contributed by atoms with E-state index in [-0.39, 0.29) is 11.5 Å². The first-order valence-corrected chi connectivity index (χ1v) is 9.32. The molecule has 0 saturated heterocycles. The monoisotopic (exact) mass is 363 g/mol. The third-order valence-corrected chi connectivity index (χ3v) is 5.17. The minimum atomic E-state index is -0.00536. The third-order valence-electron chi connectivity index (χ3n) is 5.17. The molecule has 6 nitrogen and oxygen atoms in total. The smallest absolute Gasteiger partial charge is 0.188 e. The van der Waals surface area contributed by atoms with Crippen molar-refractivity contribution in [2.45, 2.75) is 50.5 Å². The van der Waals surface area contributed by atoms with Crippen LogP contribution in [0, 0.1) is 0 Å².